The number of amides is 1. The number of methoxy groups -OCH3 is 2. The van der Waals surface area contributed by atoms with E-state index in [1.807, 2.05) is 0 Å². The summed E-state index contributed by atoms with van der Waals surface area (Å²) >= 11 is 0. The molecule has 0 bridgehead atoms. The summed E-state index contributed by atoms with van der Waals surface area (Å²) in [5, 5.41) is 11.9. The molecule has 0 unspecified atom stereocenters. The first-order chi connectivity index (χ1) is 7.69. The minimum Gasteiger partial charge on any atom is -0.505 e. The summed E-state index contributed by atoms with van der Waals surface area (Å²) in [5.74, 6) is -0.564. The predicted molar refractivity (Wildman–Crippen MR) is 56.0 cm³/mol. The van der Waals surface area contributed by atoms with E-state index in [2.05, 4.69) is 10.3 Å². The molecule has 0 radical (unpaired) electrons. The minimum atomic E-state index is -0.507. The molecule has 1 aromatic heterocycles. The Morgan fingerprint density at radius 3 is 2.81 bits per heavy atom. The van der Waals surface area contributed by atoms with E-state index in [1.54, 1.807) is 0 Å². The second-order valence-corrected chi connectivity index (χ2v) is 3.00. The average molecular weight is 226 g/mol. The maximum atomic E-state index is 11.6. The maximum absolute atomic E-state index is 11.6. The molecular weight excluding hydrogens is 212 g/mol. The van der Waals surface area contributed by atoms with Crippen molar-refractivity contribution in [1.29, 1.82) is 0 Å². The lowest BCUT2D eigenvalue weighted by Gasteiger charge is -2.14. The minimum absolute atomic E-state index is 0.161. The molecule has 0 saturated heterocycles. The zero-order chi connectivity index (χ0) is 12.0. The molecule has 1 rings (SSSR count). The zero-order valence-corrected chi connectivity index (χ0v) is 9.14. The van der Waals surface area contributed by atoms with Crippen molar-refractivity contribution in [2.45, 2.75) is 6.29 Å². The number of nitrogens with zero attached hydrogens (tertiary/aromatic N) is 1. The Kier molecular flexibility index (Phi) is 4.68. The van der Waals surface area contributed by atoms with Crippen LogP contribution in [0.2, 0.25) is 0 Å². The van der Waals surface area contributed by atoms with Gasteiger partial charge in [0.25, 0.3) is 5.91 Å². The van der Waals surface area contributed by atoms with Crippen LogP contribution >= 0.6 is 0 Å². The van der Waals surface area contributed by atoms with Gasteiger partial charge in [-0.2, -0.15) is 0 Å². The van der Waals surface area contributed by atoms with Crippen molar-refractivity contribution >= 4 is 5.91 Å². The molecule has 0 aliphatic rings. The summed E-state index contributed by atoms with van der Waals surface area (Å²) in [7, 11) is 2.95. The fourth-order valence-electron chi connectivity index (χ4n) is 1.11. The zero-order valence-electron chi connectivity index (χ0n) is 9.14. The van der Waals surface area contributed by atoms with Gasteiger partial charge in [-0.05, 0) is 6.07 Å². The van der Waals surface area contributed by atoms with Gasteiger partial charge in [0.05, 0.1) is 18.3 Å². The third-order valence-electron chi connectivity index (χ3n) is 2.00. The SMILES string of the molecule is COC(CNC(=O)c1ccncc1O)OC. The van der Waals surface area contributed by atoms with E-state index in [4.69, 9.17) is 9.47 Å². The molecular formula is C10H14N2O4. The Morgan fingerprint density at radius 1 is 1.56 bits per heavy atom. The first kappa shape index (κ1) is 12.4. The van der Waals surface area contributed by atoms with Crippen molar-refractivity contribution in [2.75, 3.05) is 20.8 Å². The molecule has 0 fully saturated rings. The highest BCUT2D eigenvalue weighted by molar-refractivity contribution is 5.96. The molecule has 1 aromatic rings. The first-order valence-corrected chi connectivity index (χ1v) is 4.65. The molecule has 0 atom stereocenters. The maximum Gasteiger partial charge on any atom is 0.255 e. The van der Waals surface area contributed by atoms with E-state index in [-0.39, 0.29) is 17.9 Å². The van der Waals surface area contributed by atoms with Crippen molar-refractivity contribution in [2.24, 2.45) is 0 Å². The van der Waals surface area contributed by atoms with Crippen LogP contribution in [0.1, 0.15) is 10.4 Å². The number of hydrogen-bond donors (Lipinski definition) is 2. The van der Waals surface area contributed by atoms with Crippen LogP contribution in [0.25, 0.3) is 0 Å². The monoisotopic (exact) mass is 226 g/mol. The van der Waals surface area contributed by atoms with Crippen LogP contribution in [0, 0.1) is 0 Å². The fourth-order valence-corrected chi connectivity index (χ4v) is 1.11. The van der Waals surface area contributed by atoms with Crippen molar-refractivity contribution in [3.8, 4) is 5.75 Å². The molecule has 0 aromatic carbocycles. The van der Waals surface area contributed by atoms with Gasteiger partial charge < -0.3 is 19.9 Å². The van der Waals surface area contributed by atoms with E-state index < -0.39 is 12.2 Å². The van der Waals surface area contributed by atoms with Crippen LogP contribution in [0.15, 0.2) is 18.5 Å². The number of rotatable bonds is 5. The Balaban J connectivity index is 2.56. The van der Waals surface area contributed by atoms with Crippen LogP contribution in [0.4, 0.5) is 0 Å². The van der Waals surface area contributed by atoms with E-state index >= 15 is 0 Å². The van der Waals surface area contributed by atoms with Crippen molar-refractivity contribution in [3.05, 3.63) is 24.0 Å². The van der Waals surface area contributed by atoms with Crippen LogP contribution in [0.5, 0.6) is 5.75 Å². The van der Waals surface area contributed by atoms with E-state index in [0.29, 0.717) is 0 Å². The average Bonchev–Trinajstić information content (AvgIpc) is 2.30. The number of ether oxygens (including phenoxy) is 2. The van der Waals surface area contributed by atoms with Gasteiger partial charge in [0.2, 0.25) is 0 Å². The van der Waals surface area contributed by atoms with Crippen molar-refractivity contribution in [1.82, 2.24) is 10.3 Å². The largest absolute Gasteiger partial charge is 0.505 e. The first-order valence-electron chi connectivity index (χ1n) is 4.65. The van der Waals surface area contributed by atoms with Crippen LogP contribution in [0.3, 0.4) is 0 Å². The standard InChI is InChI=1S/C10H14N2O4/c1-15-9(16-2)6-12-10(14)7-3-4-11-5-8(7)13/h3-5,9,13H,6H2,1-2H3,(H,12,14). The second-order valence-electron chi connectivity index (χ2n) is 3.00. The summed E-state index contributed by atoms with van der Waals surface area (Å²) in [5.41, 5.74) is 0.168. The third-order valence-corrected chi connectivity index (χ3v) is 2.00. The predicted octanol–water partition coefficient (Wildman–Crippen LogP) is 0.136. The summed E-state index contributed by atoms with van der Waals surface area (Å²) < 4.78 is 9.81. The van der Waals surface area contributed by atoms with Crippen LogP contribution in [-0.2, 0) is 9.47 Å². The molecule has 6 heteroatoms. The Morgan fingerprint density at radius 2 is 2.25 bits per heavy atom. The van der Waals surface area contributed by atoms with E-state index in [0.717, 1.165) is 0 Å². The Bertz CT molecular complexity index is 352. The number of pyridine rings is 1. The smallest absolute Gasteiger partial charge is 0.255 e. The van der Waals surface area contributed by atoms with Gasteiger partial charge in [-0.25, -0.2) is 0 Å². The van der Waals surface area contributed by atoms with Gasteiger partial charge in [0.15, 0.2) is 6.29 Å². The molecule has 6 nitrogen and oxygen atoms in total. The summed E-state index contributed by atoms with van der Waals surface area (Å²) in [6.07, 6.45) is 2.13. The quantitative estimate of drug-likeness (QED) is 0.698. The van der Waals surface area contributed by atoms with Crippen LogP contribution in [-0.4, -0.2) is 43.1 Å². The van der Waals surface area contributed by atoms with Gasteiger partial charge in [-0.3, -0.25) is 9.78 Å². The molecule has 1 heterocycles. The molecule has 1 amide bonds. The molecule has 0 aliphatic carbocycles. The number of aromatic nitrogens is 1. The normalized spacial score (nSPS) is 10.4. The van der Waals surface area contributed by atoms with E-state index in [1.165, 1.54) is 32.7 Å². The highest BCUT2D eigenvalue weighted by atomic mass is 16.7. The molecule has 0 saturated carbocycles. The van der Waals surface area contributed by atoms with Gasteiger partial charge in [-0.15, -0.1) is 0 Å². The number of carbonyl (C=O) groups is 1. The topological polar surface area (TPSA) is 80.7 Å². The molecule has 88 valence electrons. The number of carbonyl (C=O) groups excluding carboxylic acids is 1. The molecule has 2 N–H and O–H groups in total. The number of hydrogen-bond acceptors (Lipinski definition) is 5. The van der Waals surface area contributed by atoms with Gasteiger partial charge in [-0.1, -0.05) is 0 Å². The number of aromatic hydroxyl groups is 1. The van der Waals surface area contributed by atoms with Gasteiger partial charge >= 0.3 is 0 Å². The highest BCUT2D eigenvalue weighted by Gasteiger charge is 2.12. The van der Waals surface area contributed by atoms with Crippen LogP contribution < -0.4 is 5.32 Å². The Hall–Kier alpha value is -1.66. The van der Waals surface area contributed by atoms with Crippen molar-refractivity contribution in [3.63, 3.8) is 0 Å². The number of nitrogens with one attached hydrogen (secondary N) is 1. The summed E-state index contributed by atoms with van der Waals surface area (Å²) in [6, 6.07) is 1.43. The summed E-state index contributed by atoms with van der Waals surface area (Å²) in [6.45, 7) is 0.202. The van der Waals surface area contributed by atoms with Gasteiger partial charge in [0, 0.05) is 20.4 Å². The van der Waals surface area contributed by atoms with Gasteiger partial charge in [0.1, 0.15) is 5.75 Å². The molecule has 16 heavy (non-hydrogen) atoms. The second kappa shape index (κ2) is 6.04. The van der Waals surface area contributed by atoms with Crippen molar-refractivity contribution < 1.29 is 19.4 Å². The lowest BCUT2D eigenvalue weighted by atomic mass is 10.2. The third kappa shape index (κ3) is 3.18. The Labute approximate surface area is 93.2 Å². The lowest BCUT2D eigenvalue weighted by molar-refractivity contribution is -0.0974. The summed E-state index contributed by atoms with van der Waals surface area (Å²) in [4.78, 5) is 15.3. The molecule has 0 aliphatic heterocycles. The van der Waals surface area contributed by atoms with E-state index in [9.17, 15) is 9.90 Å². The highest BCUT2D eigenvalue weighted by Crippen LogP contribution is 2.13. The fraction of sp³-hybridized carbons (Fsp3) is 0.400. The lowest BCUT2D eigenvalue weighted by Crippen LogP contribution is -2.34. The molecule has 0 spiro atoms.